The molecule has 13 heavy (non-hydrogen) atoms. The summed E-state index contributed by atoms with van der Waals surface area (Å²) >= 11 is 0. The molecular weight excluding hydrogens is 166 g/mol. The van der Waals surface area contributed by atoms with Crippen LogP contribution in [0.2, 0.25) is 0 Å². The first-order chi connectivity index (χ1) is 6.15. The third-order valence-electron chi connectivity index (χ3n) is 1.64. The number of hydrogen-bond donors (Lipinski definition) is 2. The molecule has 0 aliphatic heterocycles. The Hall–Kier alpha value is -2.02. The van der Waals surface area contributed by atoms with Crippen LogP contribution in [-0.4, -0.2) is 6.03 Å². The number of hydrogen-bond acceptors (Lipinski definition) is 2. The summed E-state index contributed by atoms with van der Waals surface area (Å²) < 4.78 is 0. The quantitative estimate of drug-likeness (QED) is 0.675. The summed E-state index contributed by atoms with van der Waals surface area (Å²) in [5, 5.41) is 11.2. The van der Waals surface area contributed by atoms with Gasteiger partial charge in [-0.2, -0.15) is 5.26 Å². The van der Waals surface area contributed by atoms with Crippen LogP contribution < -0.4 is 11.1 Å². The highest BCUT2D eigenvalue weighted by atomic mass is 16.2. The van der Waals surface area contributed by atoms with Crippen LogP contribution in [0.3, 0.4) is 0 Å². The average Bonchev–Trinajstić information content (AvgIpc) is 2.03. The molecule has 0 aliphatic carbocycles. The second kappa shape index (κ2) is 3.59. The van der Waals surface area contributed by atoms with Crippen molar-refractivity contribution in [3.63, 3.8) is 0 Å². The maximum atomic E-state index is 10.5. The van der Waals surface area contributed by atoms with Gasteiger partial charge in [0.05, 0.1) is 11.3 Å². The van der Waals surface area contributed by atoms with Gasteiger partial charge < -0.3 is 11.1 Å². The third kappa shape index (κ3) is 1.97. The van der Waals surface area contributed by atoms with Crippen LogP contribution in [0.25, 0.3) is 0 Å². The van der Waals surface area contributed by atoms with Gasteiger partial charge in [-0.05, 0) is 18.6 Å². The van der Waals surface area contributed by atoms with E-state index in [4.69, 9.17) is 11.0 Å². The van der Waals surface area contributed by atoms with Crippen molar-refractivity contribution < 1.29 is 4.79 Å². The molecule has 1 aromatic carbocycles. The van der Waals surface area contributed by atoms with Gasteiger partial charge in [-0.1, -0.05) is 12.1 Å². The van der Waals surface area contributed by atoms with E-state index in [9.17, 15) is 4.79 Å². The first kappa shape index (κ1) is 9.07. The molecule has 0 aromatic heterocycles. The number of rotatable bonds is 1. The second-order valence-corrected chi connectivity index (χ2v) is 2.60. The Kier molecular flexibility index (Phi) is 2.50. The van der Waals surface area contributed by atoms with E-state index in [1.807, 2.05) is 6.07 Å². The van der Waals surface area contributed by atoms with Gasteiger partial charge in [0.2, 0.25) is 0 Å². The van der Waals surface area contributed by atoms with E-state index in [2.05, 4.69) is 5.32 Å². The summed E-state index contributed by atoms with van der Waals surface area (Å²) in [6, 6.07) is 6.52. The lowest BCUT2D eigenvalue weighted by atomic mass is 10.1. The molecule has 1 aromatic rings. The first-order valence-electron chi connectivity index (χ1n) is 3.71. The highest BCUT2D eigenvalue weighted by Gasteiger charge is 2.05. The van der Waals surface area contributed by atoms with Crippen molar-refractivity contribution in [1.82, 2.24) is 0 Å². The molecule has 4 heteroatoms. The van der Waals surface area contributed by atoms with E-state index in [0.29, 0.717) is 11.3 Å². The maximum Gasteiger partial charge on any atom is 0.316 e. The molecule has 0 heterocycles. The number of nitrogens with one attached hydrogen (secondary N) is 1. The average molecular weight is 175 g/mol. The zero-order valence-electron chi connectivity index (χ0n) is 7.16. The topological polar surface area (TPSA) is 78.9 Å². The Labute approximate surface area is 76.0 Å². The lowest BCUT2D eigenvalue weighted by Crippen LogP contribution is -2.20. The van der Waals surface area contributed by atoms with Crippen LogP contribution in [0.1, 0.15) is 11.1 Å². The summed E-state index contributed by atoms with van der Waals surface area (Å²) in [5.41, 5.74) is 6.65. The predicted molar refractivity (Wildman–Crippen MR) is 49.1 cm³/mol. The van der Waals surface area contributed by atoms with E-state index in [0.717, 1.165) is 5.56 Å². The smallest absolute Gasteiger partial charge is 0.316 e. The maximum absolute atomic E-state index is 10.5. The molecule has 0 radical (unpaired) electrons. The van der Waals surface area contributed by atoms with E-state index in [1.54, 1.807) is 25.1 Å². The molecule has 0 fully saturated rings. The normalized spacial score (nSPS) is 8.92. The molecule has 0 aliphatic rings. The van der Waals surface area contributed by atoms with Gasteiger partial charge in [-0.3, -0.25) is 0 Å². The molecule has 0 unspecified atom stereocenters. The van der Waals surface area contributed by atoms with Gasteiger partial charge in [0.1, 0.15) is 6.07 Å². The molecule has 0 saturated carbocycles. The Balaban J connectivity index is 3.14. The molecule has 1 rings (SSSR count). The Bertz CT molecular complexity index is 379. The van der Waals surface area contributed by atoms with E-state index in [-0.39, 0.29) is 0 Å². The molecular formula is C9H9N3O. The lowest BCUT2D eigenvalue weighted by Gasteiger charge is -2.05. The number of benzene rings is 1. The zero-order valence-corrected chi connectivity index (χ0v) is 7.16. The Morgan fingerprint density at radius 2 is 2.31 bits per heavy atom. The van der Waals surface area contributed by atoms with Crippen LogP contribution in [0.15, 0.2) is 18.2 Å². The number of aryl methyl sites for hydroxylation is 1. The minimum atomic E-state index is -0.665. The van der Waals surface area contributed by atoms with Crippen LogP contribution in [0, 0.1) is 18.3 Å². The zero-order chi connectivity index (χ0) is 9.84. The van der Waals surface area contributed by atoms with Crippen molar-refractivity contribution in [2.75, 3.05) is 5.32 Å². The van der Waals surface area contributed by atoms with E-state index < -0.39 is 6.03 Å². The molecule has 66 valence electrons. The molecule has 2 amide bonds. The van der Waals surface area contributed by atoms with Crippen molar-refractivity contribution in [3.8, 4) is 6.07 Å². The van der Waals surface area contributed by atoms with Gasteiger partial charge in [0.15, 0.2) is 0 Å². The third-order valence-corrected chi connectivity index (χ3v) is 1.64. The fraction of sp³-hybridized carbons (Fsp3) is 0.111. The molecule has 0 saturated heterocycles. The number of nitrogens with zero attached hydrogens (tertiary/aromatic N) is 1. The van der Waals surface area contributed by atoms with E-state index >= 15 is 0 Å². The summed E-state index contributed by atoms with van der Waals surface area (Å²) in [7, 11) is 0. The van der Waals surface area contributed by atoms with Gasteiger partial charge in [0, 0.05) is 0 Å². The summed E-state index contributed by atoms with van der Waals surface area (Å²) in [6.07, 6.45) is 0. The van der Waals surface area contributed by atoms with Crippen LogP contribution in [0.4, 0.5) is 10.5 Å². The van der Waals surface area contributed by atoms with Crippen LogP contribution >= 0.6 is 0 Å². The van der Waals surface area contributed by atoms with E-state index in [1.165, 1.54) is 0 Å². The molecule has 4 nitrogen and oxygen atoms in total. The number of amides is 2. The van der Waals surface area contributed by atoms with Crippen molar-refractivity contribution in [3.05, 3.63) is 29.3 Å². The number of primary amides is 1. The van der Waals surface area contributed by atoms with Gasteiger partial charge in [0.25, 0.3) is 0 Å². The van der Waals surface area contributed by atoms with Crippen LogP contribution in [-0.2, 0) is 0 Å². The molecule has 3 N–H and O–H groups in total. The predicted octanol–water partition coefficient (Wildman–Crippen LogP) is 1.36. The molecule has 0 bridgehead atoms. The molecule has 0 spiro atoms. The fourth-order valence-corrected chi connectivity index (χ4v) is 1.05. The minimum Gasteiger partial charge on any atom is -0.351 e. The summed E-state index contributed by atoms with van der Waals surface area (Å²) in [6.45, 7) is 1.80. The number of nitrogens with two attached hydrogens (primary N) is 1. The Morgan fingerprint density at radius 3 is 2.85 bits per heavy atom. The van der Waals surface area contributed by atoms with Crippen molar-refractivity contribution >= 4 is 11.7 Å². The second-order valence-electron chi connectivity index (χ2n) is 2.60. The molecule has 0 atom stereocenters. The lowest BCUT2D eigenvalue weighted by molar-refractivity contribution is 0.259. The number of carbonyl (C=O) groups excluding carboxylic acids is 1. The monoisotopic (exact) mass is 175 g/mol. The minimum absolute atomic E-state index is 0.446. The highest BCUT2D eigenvalue weighted by molar-refractivity contribution is 5.89. The largest absolute Gasteiger partial charge is 0.351 e. The van der Waals surface area contributed by atoms with Crippen molar-refractivity contribution in [1.29, 1.82) is 5.26 Å². The summed E-state index contributed by atoms with van der Waals surface area (Å²) in [5.74, 6) is 0. The fourth-order valence-electron chi connectivity index (χ4n) is 1.05. The van der Waals surface area contributed by atoms with Gasteiger partial charge in [-0.25, -0.2) is 4.79 Å². The number of anilines is 1. The standard InChI is InChI=1S/C9H9N3O/c1-6-3-2-4-8(7(6)5-10)12-9(11)13/h2-4H,1H3,(H3,11,12,13). The van der Waals surface area contributed by atoms with Crippen molar-refractivity contribution in [2.45, 2.75) is 6.92 Å². The highest BCUT2D eigenvalue weighted by Crippen LogP contribution is 2.17. The SMILES string of the molecule is Cc1cccc(NC(N)=O)c1C#N. The number of nitriles is 1. The van der Waals surface area contributed by atoms with Gasteiger partial charge in [-0.15, -0.1) is 0 Å². The van der Waals surface area contributed by atoms with Crippen molar-refractivity contribution in [2.24, 2.45) is 5.73 Å². The number of urea groups is 1. The first-order valence-corrected chi connectivity index (χ1v) is 3.71. The number of carbonyl (C=O) groups is 1. The Morgan fingerprint density at radius 1 is 1.62 bits per heavy atom. The summed E-state index contributed by atoms with van der Waals surface area (Å²) in [4.78, 5) is 10.5. The van der Waals surface area contributed by atoms with Crippen LogP contribution in [0.5, 0.6) is 0 Å². The van der Waals surface area contributed by atoms with Gasteiger partial charge >= 0.3 is 6.03 Å².